The van der Waals surface area contributed by atoms with Crippen LogP contribution >= 0.6 is 0 Å². The number of rotatable bonds is 1. The highest BCUT2D eigenvalue weighted by molar-refractivity contribution is 5.94. The number of ether oxygens (including phenoxy) is 1. The van der Waals surface area contributed by atoms with Gasteiger partial charge < -0.3 is 9.64 Å². The van der Waals surface area contributed by atoms with Crippen LogP contribution in [0.4, 0.5) is 33.5 Å². The van der Waals surface area contributed by atoms with E-state index in [1.54, 1.807) is 23.1 Å². The van der Waals surface area contributed by atoms with Crippen molar-refractivity contribution in [3.8, 4) is 11.8 Å². The Hall–Kier alpha value is -3.78. The van der Waals surface area contributed by atoms with Crippen LogP contribution in [-0.4, -0.2) is 38.9 Å². The third-order valence-electron chi connectivity index (χ3n) is 6.41. The third kappa shape index (κ3) is 3.39. The van der Waals surface area contributed by atoms with Gasteiger partial charge in [0.25, 0.3) is 5.78 Å². The Bertz CT molecular complexity index is 1550. The molecule has 4 aromatic rings. The lowest BCUT2D eigenvalue weighted by molar-refractivity contribution is -0.168. The van der Waals surface area contributed by atoms with E-state index in [4.69, 9.17) is 4.74 Å². The van der Waals surface area contributed by atoms with Crippen LogP contribution < -0.4 is 4.90 Å². The van der Waals surface area contributed by atoms with Gasteiger partial charge in [0, 0.05) is 23.4 Å². The van der Waals surface area contributed by atoms with Crippen LogP contribution in [0.2, 0.25) is 0 Å². The Kier molecular flexibility index (Phi) is 4.73. The lowest BCUT2D eigenvalue weighted by atomic mass is 10.0. The van der Waals surface area contributed by atoms with Crippen molar-refractivity contribution < 1.29 is 26.7 Å². The second kappa shape index (κ2) is 7.61. The minimum absolute atomic E-state index is 0.0275. The normalized spacial score (nSPS) is 17.1. The Morgan fingerprint density at radius 3 is 2.63 bits per heavy atom. The van der Waals surface area contributed by atoms with Crippen molar-refractivity contribution in [2.75, 3.05) is 18.1 Å². The number of fused-ring (bicyclic) bond motifs is 4. The number of benzene rings is 2. The topological polar surface area (TPSA) is 55.5 Å². The van der Waals surface area contributed by atoms with Crippen molar-refractivity contribution >= 4 is 28.2 Å². The van der Waals surface area contributed by atoms with E-state index in [1.807, 2.05) is 0 Å². The first-order valence-electron chi connectivity index (χ1n) is 10.8. The predicted octanol–water partition coefficient (Wildman–Crippen LogP) is 4.92. The van der Waals surface area contributed by atoms with Gasteiger partial charge in [0.1, 0.15) is 29.2 Å². The van der Waals surface area contributed by atoms with Gasteiger partial charge in [-0.15, -0.1) is 10.2 Å². The molecule has 11 heteroatoms. The first-order valence-corrected chi connectivity index (χ1v) is 10.8. The molecule has 0 amide bonds. The van der Waals surface area contributed by atoms with Gasteiger partial charge >= 0.3 is 6.18 Å². The van der Waals surface area contributed by atoms with E-state index < -0.39 is 23.2 Å². The van der Waals surface area contributed by atoms with Crippen LogP contribution in [0.3, 0.4) is 0 Å². The molecule has 0 atom stereocenters. The molecule has 3 heterocycles. The zero-order chi connectivity index (χ0) is 24.4. The molecule has 0 bridgehead atoms. The maximum atomic E-state index is 15.1. The fourth-order valence-corrected chi connectivity index (χ4v) is 4.36. The average Bonchev–Trinajstić information content (AvgIpc) is 3.54. The molecule has 1 aliphatic carbocycles. The molecule has 0 unspecified atom stereocenters. The number of nitrogens with zero attached hydrogens (tertiary/aromatic N) is 5. The molecule has 1 fully saturated rings. The fraction of sp³-hybridized carbons (Fsp3) is 0.292. The number of alkyl halides is 3. The fourth-order valence-electron chi connectivity index (χ4n) is 4.36. The second-order valence-corrected chi connectivity index (χ2v) is 8.53. The smallest absolute Gasteiger partial charge is 0.375 e. The zero-order valence-corrected chi connectivity index (χ0v) is 18.0. The summed E-state index contributed by atoms with van der Waals surface area (Å²) >= 11 is 0. The van der Waals surface area contributed by atoms with Crippen LogP contribution in [-0.2, 0) is 11.3 Å². The van der Waals surface area contributed by atoms with E-state index in [1.165, 1.54) is 10.7 Å². The lowest BCUT2D eigenvalue weighted by Crippen LogP contribution is -2.23. The van der Waals surface area contributed by atoms with Crippen molar-refractivity contribution in [2.45, 2.75) is 25.6 Å². The van der Waals surface area contributed by atoms with E-state index >= 15 is 4.39 Å². The molecule has 0 saturated heterocycles. The predicted molar refractivity (Wildman–Crippen MR) is 116 cm³/mol. The van der Waals surface area contributed by atoms with Crippen molar-refractivity contribution in [2.24, 2.45) is 5.41 Å². The summed E-state index contributed by atoms with van der Waals surface area (Å²) in [4.78, 5) is 6.11. The van der Waals surface area contributed by atoms with Gasteiger partial charge in [0.2, 0.25) is 0 Å². The molecular formula is C24H16F5N5O. The highest BCUT2D eigenvalue weighted by atomic mass is 19.4. The molecule has 2 aromatic heterocycles. The third-order valence-corrected chi connectivity index (χ3v) is 6.41. The molecule has 35 heavy (non-hydrogen) atoms. The van der Waals surface area contributed by atoms with Crippen LogP contribution in [0.25, 0.3) is 16.7 Å². The quantitative estimate of drug-likeness (QED) is 0.283. The Morgan fingerprint density at radius 1 is 1.06 bits per heavy atom. The first kappa shape index (κ1) is 21.7. The monoisotopic (exact) mass is 485 g/mol. The minimum Gasteiger partial charge on any atom is -0.375 e. The highest BCUT2D eigenvalue weighted by Crippen LogP contribution is 2.57. The molecule has 178 valence electrons. The summed E-state index contributed by atoms with van der Waals surface area (Å²) in [6.07, 6.45) is -3.20. The number of halogens is 5. The highest BCUT2D eigenvalue weighted by Gasteiger charge is 2.62. The first-order chi connectivity index (χ1) is 16.8. The maximum absolute atomic E-state index is 15.1. The molecule has 2 aliphatic rings. The van der Waals surface area contributed by atoms with E-state index in [9.17, 15) is 17.6 Å². The van der Waals surface area contributed by atoms with Crippen molar-refractivity contribution in [3.63, 3.8) is 0 Å². The summed E-state index contributed by atoms with van der Waals surface area (Å²) in [6, 6.07) is 7.04. The van der Waals surface area contributed by atoms with Crippen molar-refractivity contribution in [1.82, 2.24) is 19.6 Å². The van der Waals surface area contributed by atoms with Gasteiger partial charge in [-0.05, 0) is 37.1 Å². The summed E-state index contributed by atoms with van der Waals surface area (Å²) < 4.78 is 77.1. The van der Waals surface area contributed by atoms with Gasteiger partial charge in [-0.1, -0.05) is 17.9 Å². The van der Waals surface area contributed by atoms with Crippen LogP contribution in [0.15, 0.2) is 36.7 Å². The minimum atomic E-state index is -4.40. The number of hydrogen-bond donors (Lipinski definition) is 0. The molecular weight excluding hydrogens is 469 g/mol. The van der Waals surface area contributed by atoms with Crippen molar-refractivity contribution in [3.05, 3.63) is 59.4 Å². The van der Waals surface area contributed by atoms with Gasteiger partial charge in [-0.2, -0.15) is 18.2 Å². The summed E-state index contributed by atoms with van der Waals surface area (Å²) in [7, 11) is 0. The maximum Gasteiger partial charge on any atom is 0.405 e. The molecule has 1 saturated carbocycles. The van der Waals surface area contributed by atoms with Crippen molar-refractivity contribution in [1.29, 1.82) is 0 Å². The van der Waals surface area contributed by atoms with Crippen LogP contribution in [0, 0.1) is 28.9 Å². The second-order valence-electron chi connectivity index (χ2n) is 8.53. The van der Waals surface area contributed by atoms with E-state index in [0.717, 1.165) is 12.1 Å². The molecule has 0 radical (unpaired) electrons. The SMILES string of the molecule is Fc1ccc(F)c2c1c(N1CCOCc3c(C#CC4(C(F)(F)F)CC4)cccc31)nc1nncn12. The van der Waals surface area contributed by atoms with Crippen LogP contribution in [0.5, 0.6) is 0 Å². The molecule has 2 aromatic carbocycles. The number of anilines is 2. The summed E-state index contributed by atoms with van der Waals surface area (Å²) in [5, 5.41) is 7.60. The standard InChI is InChI=1S/C24H16F5N5O/c25-16-4-5-17(26)20-19(16)21(31-22-32-30-13-34(20)22)33-10-11-35-12-15-14(2-1-3-18(15)33)6-7-23(8-9-23)24(27,28)29/h1-5,13H,8-12H2. The Balaban J connectivity index is 1.55. The largest absolute Gasteiger partial charge is 0.405 e. The Labute approximate surface area is 195 Å². The number of hydrogen-bond acceptors (Lipinski definition) is 5. The van der Waals surface area contributed by atoms with Gasteiger partial charge in [-0.3, -0.25) is 4.40 Å². The summed E-state index contributed by atoms with van der Waals surface area (Å²) in [6.45, 7) is 0.544. The van der Waals surface area contributed by atoms with Crippen LogP contribution in [0.1, 0.15) is 24.0 Å². The zero-order valence-electron chi connectivity index (χ0n) is 18.0. The van der Waals surface area contributed by atoms with Gasteiger partial charge in [0.15, 0.2) is 0 Å². The Morgan fingerprint density at radius 2 is 1.86 bits per heavy atom. The summed E-state index contributed by atoms with van der Waals surface area (Å²) in [5.41, 5.74) is -0.586. The van der Waals surface area contributed by atoms with E-state index in [-0.39, 0.29) is 55.1 Å². The molecule has 1 aliphatic heterocycles. The average molecular weight is 485 g/mol. The molecule has 0 N–H and O–H groups in total. The molecule has 0 spiro atoms. The number of aromatic nitrogens is 4. The molecule has 6 rings (SSSR count). The summed E-state index contributed by atoms with van der Waals surface area (Å²) in [5.74, 6) is 3.93. The van der Waals surface area contributed by atoms with Gasteiger partial charge in [-0.25, -0.2) is 8.78 Å². The van der Waals surface area contributed by atoms with Gasteiger partial charge in [0.05, 0.1) is 24.1 Å². The van der Waals surface area contributed by atoms with E-state index in [0.29, 0.717) is 16.8 Å². The molecule has 6 nitrogen and oxygen atoms in total. The lowest BCUT2D eigenvalue weighted by Gasteiger charge is -2.25. The van der Waals surface area contributed by atoms with E-state index in [2.05, 4.69) is 27.0 Å².